The van der Waals surface area contributed by atoms with E-state index in [1.54, 1.807) is 23.1 Å². The number of likely N-dealkylation sites (tertiary alicyclic amines) is 1. The van der Waals surface area contributed by atoms with E-state index in [1.165, 1.54) is 6.07 Å². The fourth-order valence-corrected chi connectivity index (χ4v) is 3.43. The van der Waals surface area contributed by atoms with Crippen LogP contribution in [0.4, 0.5) is 8.78 Å². The normalized spacial score (nSPS) is 16.3. The molecule has 1 aliphatic heterocycles. The predicted octanol–water partition coefficient (Wildman–Crippen LogP) is 4.63. The molecule has 2 aromatic carbocycles. The monoisotopic (exact) mass is 317 g/mol. The molecule has 122 valence electrons. The van der Waals surface area contributed by atoms with Gasteiger partial charge in [-0.15, -0.1) is 0 Å². The first-order valence-electron chi connectivity index (χ1n) is 8.14. The molecular weight excluding hydrogens is 296 g/mol. The summed E-state index contributed by atoms with van der Waals surface area (Å²) in [6.07, 6.45) is 1.97. The number of benzene rings is 2. The lowest BCUT2D eigenvalue weighted by Crippen LogP contribution is -2.39. The number of piperidine rings is 1. The van der Waals surface area contributed by atoms with Gasteiger partial charge in [0.2, 0.25) is 0 Å². The second kappa shape index (κ2) is 6.26. The molecule has 0 atom stereocenters. The minimum Gasteiger partial charge on any atom is -0.339 e. The highest BCUT2D eigenvalue weighted by Gasteiger charge is 2.26. The van der Waals surface area contributed by atoms with Crippen LogP contribution in [0.2, 0.25) is 0 Å². The summed E-state index contributed by atoms with van der Waals surface area (Å²) in [4.78, 5) is 14.6. The van der Waals surface area contributed by atoms with E-state index in [-0.39, 0.29) is 11.3 Å². The zero-order chi connectivity index (χ0) is 16.6. The lowest BCUT2D eigenvalue weighted by molar-refractivity contribution is 0.0669. The summed E-state index contributed by atoms with van der Waals surface area (Å²) in [6, 6.07) is 6.97. The third kappa shape index (κ3) is 3.07. The predicted molar refractivity (Wildman–Crippen MR) is 87.3 cm³/mol. The number of hydrogen-bond donors (Lipinski definition) is 0. The second-order valence-corrected chi connectivity index (χ2v) is 6.66. The molecule has 1 amide bonds. The molecule has 1 aliphatic rings. The van der Waals surface area contributed by atoms with Crippen molar-refractivity contribution in [2.75, 3.05) is 13.1 Å². The molecule has 23 heavy (non-hydrogen) atoms. The molecule has 0 radical (unpaired) electrons. The summed E-state index contributed by atoms with van der Waals surface area (Å²) in [6.45, 7) is 5.82. The highest BCUT2D eigenvalue weighted by molar-refractivity contribution is 6.07. The fraction of sp³-hybridized carbons (Fsp3) is 0.421. The first-order valence-corrected chi connectivity index (χ1v) is 8.14. The van der Waals surface area contributed by atoms with E-state index in [0.29, 0.717) is 35.9 Å². The number of carbonyl (C=O) groups is 1. The van der Waals surface area contributed by atoms with Gasteiger partial charge in [-0.2, -0.15) is 0 Å². The Bertz CT molecular complexity index is 733. The Kier molecular flexibility index (Phi) is 4.33. The van der Waals surface area contributed by atoms with Crippen molar-refractivity contribution in [2.45, 2.75) is 26.7 Å². The van der Waals surface area contributed by atoms with Crippen LogP contribution in [-0.2, 0) is 0 Å². The standard InChI is InChI=1S/C19H21F2NO/c1-12(2)13-6-8-22(9-7-13)19(23)16-5-3-4-15-17(16)10-14(20)11-18(15)21/h3-5,10-13H,6-9H2,1-2H3. The van der Waals surface area contributed by atoms with E-state index in [9.17, 15) is 13.6 Å². The molecule has 0 spiro atoms. The van der Waals surface area contributed by atoms with Crippen LogP contribution in [0.1, 0.15) is 37.0 Å². The van der Waals surface area contributed by atoms with Crippen LogP contribution in [-0.4, -0.2) is 23.9 Å². The SMILES string of the molecule is CC(C)C1CCN(C(=O)c2cccc3c(F)cc(F)cc23)CC1. The van der Waals surface area contributed by atoms with Crippen molar-refractivity contribution in [1.29, 1.82) is 0 Å². The van der Waals surface area contributed by atoms with Crippen LogP contribution >= 0.6 is 0 Å². The molecule has 0 bridgehead atoms. The maximum absolute atomic E-state index is 13.9. The van der Waals surface area contributed by atoms with Gasteiger partial charge in [-0.1, -0.05) is 26.0 Å². The molecule has 1 heterocycles. The number of carbonyl (C=O) groups excluding carboxylic acids is 1. The van der Waals surface area contributed by atoms with Gasteiger partial charge in [0, 0.05) is 35.5 Å². The molecule has 2 aromatic rings. The van der Waals surface area contributed by atoms with Gasteiger partial charge in [-0.3, -0.25) is 4.79 Å². The lowest BCUT2D eigenvalue weighted by Gasteiger charge is -2.34. The van der Waals surface area contributed by atoms with Crippen LogP contribution in [0.5, 0.6) is 0 Å². The van der Waals surface area contributed by atoms with E-state index in [1.807, 2.05) is 0 Å². The highest BCUT2D eigenvalue weighted by atomic mass is 19.1. The second-order valence-electron chi connectivity index (χ2n) is 6.66. The third-order valence-corrected chi connectivity index (χ3v) is 4.91. The zero-order valence-corrected chi connectivity index (χ0v) is 13.5. The van der Waals surface area contributed by atoms with Crippen molar-refractivity contribution in [1.82, 2.24) is 4.90 Å². The van der Waals surface area contributed by atoms with Crippen molar-refractivity contribution in [3.63, 3.8) is 0 Å². The van der Waals surface area contributed by atoms with Gasteiger partial charge >= 0.3 is 0 Å². The molecule has 0 unspecified atom stereocenters. The molecule has 2 nitrogen and oxygen atoms in total. The third-order valence-electron chi connectivity index (χ3n) is 4.91. The number of fused-ring (bicyclic) bond motifs is 1. The Morgan fingerprint density at radius 1 is 1.13 bits per heavy atom. The van der Waals surface area contributed by atoms with Crippen LogP contribution in [0.25, 0.3) is 10.8 Å². The van der Waals surface area contributed by atoms with Crippen molar-refractivity contribution < 1.29 is 13.6 Å². The summed E-state index contributed by atoms with van der Waals surface area (Å²) in [5.41, 5.74) is 0.379. The number of rotatable bonds is 2. The van der Waals surface area contributed by atoms with Crippen molar-refractivity contribution in [3.05, 3.63) is 47.5 Å². The van der Waals surface area contributed by atoms with Gasteiger partial charge in [0.1, 0.15) is 11.6 Å². The Balaban J connectivity index is 1.90. The first-order chi connectivity index (χ1) is 11.0. The van der Waals surface area contributed by atoms with Crippen LogP contribution in [0, 0.1) is 23.5 Å². The van der Waals surface area contributed by atoms with E-state index in [4.69, 9.17) is 0 Å². The fourth-order valence-electron chi connectivity index (χ4n) is 3.43. The van der Waals surface area contributed by atoms with E-state index in [2.05, 4.69) is 13.8 Å². The molecule has 0 saturated carbocycles. The number of nitrogens with zero attached hydrogens (tertiary/aromatic N) is 1. The Hall–Kier alpha value is -1.97. The van der Waals surface area contributed by atoms with E-state index >= 15 is 0 Å². The summed E-state index contributed by atoms with van der Waals surface area (Å²) in [5, 5.41) is 0.635. The number of halogens is 2. The van der Waals surface area contributed by atoms with E-state index in [0.717, 1.165) is 18.9 Å². The topological polar surface area (TPSA) is 20.3 Å². The summed E-state index contributed by atoms with van der Waals surface area (Å²) < 4.78 is 27.5. The molecule has 0 aromatic heterocycles. The van der Waals surface area contributed by atoms with Gasteiger partial charge in [0.15, 0.2) is 0 Å². The zero-order valence-electron chi connectivity index (χ0n) is 13.5. The first kappa shape index (κ1) is 15.9. The molecular formula is C19H21F2NO. The maximum atomic E-state index is 13.9. The number of amides is 1. The van der Waals surface area contributed by atoms with Crippen LogP contribution < -0.4 is 0 Å². The van der Waals surface area contributed by atoms with Gasteiger partial charge < -0.3 is 4.90 Å². The van der Waals surface area contributed by atoms with Gasteiger partial charge in [0.25, 0.3) is 5.91 Å². The molecule has 1 saturated heterocycles. The smallest absolute Gasteiger partial charge is 0.254 e. The quantitative estimate of drug-likeness (QED) is 0.791. The summed E-state index contributed by atoms with van der Waals surface area (Å²) in [7, 11) is 0. The Morgan fingerprint density at radius 2 is 1.83 bits per heavy atom. The highest BCUT2D eigenvalue weighted by Crippen LogP contribution is 2.28. The summed E-state index contributed by atoms with van der Waals surface area (Å²) >= 11 is 0. The molecule has 0 N–H and O–H groups in total. The van der Waals surface area contributed by atoms with Gasteiger partial charge in [-0.25, -0.2) is 8.78 Å². The average molecular weight is 317 g/mol. The molecule has 0 aliphatic carbocycles. The molecule has 4 heteroatoms. The average Bonchev–Trinajstić information content (AvgIpc) is 2.53. The molecule has 1 fully saturated rings. The maximum Gasteiger partial charge on any atom is 0.254 e. The van der Waals surface area contributed by atoms with Crippen molar-refractivity contribution >= 4 is 16.7 Å². The van der Waals surface area contributed by atoms with E-state index < -0.39 is 11.6 Å². The largest absolute Gasteiger partial charge is 0.339 e. The Morgan fingerprint density at radius 3 is 2.48 bits per heavy atom. The molecule has 3 rings (SSSR count). The minimum absolute atomic E-state index is 0.136. The lowest BCUT2D eigenvalue weighted by atomic mass is 9.86. The van der Waals surface area contributed by atoms with Gasteiger partial charge in [-0.05, 0) is 36.8 Å². The van der Waals surface area contributed by atoms with Gasteiger partial charge in [0.05, 0.1) is 0 Å². The van der Waals surface area contributed by atoms with Crippen molar-refractivity contribution in [2.24, 2.45) is 11.8 Å². The van der Waals surface area contributed by atoms with Crippen LogP contribution in [0.3, 0.4) is 0 Å². The summed E-state index contributed by atoms with van der Waals surface area (Å²) in [5.74, 6) is -0.167. The van der Waals surface area contributed by atoms with Crippen molar-refractivity contribution in [3.8, 4) is 0 Å². The number of hydrogen-bond acceptors (Lipinski definition) is 1. The minimum atomic E-state index is -0.659. The Labute approximate surface area is 135 Å². The van der Waals surface area contributed by atoms with Crippen LogP contribution in [0.15, 0.2) is 30.3 Å².